The molecular weight excluding hydrogens is 250 g/mol. The number of fused-ring (bicyclic) bond motifs is 3. The molecule has 3 heteroatoms. The van der Waals surface area contributed by atoms with E-state index in [2.05, 4.69) is 47.2 Å². The maximum atomic E-state index is 10.3. The van der Waals surface area contributed by atoms with Gasteiger partial charge in [0.15, 0.2) is 11.6 Å². The summed E-state index contributed by atoms with van der Waals surface area (Å²) in [4.78, 5) is 20.6. The summed E-state index contributed by atoms with van der Waals surface area (Å²) in [6, 6.07) is 10.8. The highest BCUT2D eigenvalue weighted by atomic mass is 16.1. The van der Waals surface area contributed by atoms with Gasteiger partial charge in [-0.25, -0.2) is 0 Å². The van der Waals surface area contributed by atoms with E-state index in [1.54, 1.807) is 0 Å². The lowest BCUT2D eigenvalue weighted by molar-refractivity contribution is -0.113. The third-order valence-electron chi connectivity index (χ3n) is 3.23. The van der Waals surface area contributed by atoms with Crippen LogP contribution in [0.25, 0.3) is 17.1 Å². The van der Waals surface area contributed by atoms with Gasteiger partial charge in [-0.1, -0.05) is 24.3 Å². The number of carbonyl (C=O) groups excluding carboxylic acids is 2. The van der Waals surface area contributed by atoms with Crippen LogP contribution >= 0.6 is 0 Å². The summed E-state index contributed by atoms with van der Waals surface area (Å²) in [5.41, 5.74) is 2.72. The molecule has 0 saturated heterocycles. The second-order valence-corrected chi connectivity index (χ2v) is 4.62. The van der Waals surface area contributed by atoms with Crippen LogP contribution in [0.3, 0.4) is 0 Å². The summed E-state index contributed by atoms with van der Waals surface area (Å²) in [6.45, 7) is 0. The van der Waals surface area contributed by atoms with Gasteiger partial charge in [0.1, 0.15) is 0 Å². The minimum absolute atomic E-state index is 0.121. The van der Waals surface area contributed by atoms with Crippen LogP contribution in [0.1, 0.15) is 5.69 Å². The fourth-order valence-corrected chi connectivity index (χ4v) is 2.28. The third kappa shape index (κ3) is 2.38. The zero-order chi connectivity index (χ0) is 13.9. The molecule has 3 nitrogen and oxygen atoms in total. The molecule has 0 radical (unpaired) electrons. The molecule has 1 aromatic carbocycles. The lowest BCUT2D eigenvalue weighted by atomic mass is 10.2. The molecule has 1 aliphatic heterocycles. The Balaban J connectivity index is 0.000000133. The molecule has 0 bridgehead atoms. The van der Waals surface area contributed by atoms with E-state index in [1.165, 1.54) is 40.9 Å². The Labute approximate surface area is 116 Å². The first-order chi connectivity index (χ1) is 9.74. The molecule has 1 aliphatic carbocycles. The van der Waals surface area contributed by atoms with Crippen molar-refractivity contribution in [3.8, 4) is 0 Å². The van der Waals surface area contributed by atoms with Crippen LogP contribution in [-0.2, 0) is 16.0 Å². The van der Waals surface area contributed by atoms with Gasteiger partial charge in [0, 0.05) is 23.7 Å². The summed E-state index contributed by atoms with van der Waals surface area (Å²) in [7, 11) is 0. The lowest BCUT2D eigenvalue weighted by Gasteiger charge is -1.95. The van der Waals surface area contributed by atoms with E-state index in [0.717, 1.165) is 6.42 Å². The van der Waals surface area contributed by atoms with E-state index in [4.69, 9.17) is 0 Å². The molecule has 0 amide bonds. The van der Waals surface area contributed by atoms with Crippen LogP contribution in [0.5, 0.6) is 0 Å². The Kier molecular flexibility index (Phi) is 3.17. The van der Waals surface area contributed by atoms with E-state index in [0.29, 0.717) is 0 Å². The van der Waals surface area contributed by atoms with Crippen LogP contribution in [-0.4, -0.2) is 16.1 Å². The van der Waals surface area contributed by atoms with Crippen LogP contribution in [0, 0.1) is 0 Å². The average molecular weight is 263 g/mol. The quantitative estimate of drug-likeness (QED) is 0.685. The number of hydrogen-bond acceptors (Lipinski definition) is 2. The highest BCUT2D eigenvalue weighted by Gasteiger charge is 2.08. The Morgan fingerprint density at radius 3 is 2.25 bits per heavy atom. The van der Waals surface area contributed by atoms with Crippen LogP contribution in [0.2, 0.25) is 0 Å². The fourth-order valence-electron chi connectivity index (χ4n) is 2.28. The number of nitrogens with zero attached hydrogens (tertiary/aromatic N) is 1. The van der Waals surface area contributed by atoms with Crippen molar-refractivity contribution in [2.75, 3.05) is 0 Å². The van der Waals surface area contributed by atoms with Gasteiger partial charge in [-0.05, 0) is 36.4 Å². The van der Waals surface area contributed by atoms with Crippen molar-refractivity contribution in [2.24, 2.45) is 0 Å². The molecule has 0 saturated carbocycles. The summed E-state index contributed by atoms with van der Waals surface area (Å²) >= 11 is 0. The van der Waals surface area contributed by atoms with Gasteiger partial charge in [-0.15, -0.1) is 0 Å². The molecule has 98 valence electrons. The van der Waals surface area contributed by atoms with E-state index in [1.807, 2.05) is 0 Å². The number of benzene rings is 1. The number of para-hydroxylation sites is 1. The monoisotopic (exact) mass is 263 g/mol. The van der Waals surface area contributed by atoms with Gasteiger partial charge in [0.05, 0.1) is 5.52 Å². The molecule has 0 spiro atoms. The summed E-state index contributed by atoms with van der Waals surface area (Å²) in [5.74, 6) is -0.241. The predicted octanol–water partition coefficient (Wildman–Crippen LogP) is 2.92. The standard InChI is InChI=1S/C11H9N.C6H4O2/c1-2-6-11-9(4-1)8-10-5-3-7-12(10)11;7-5-1-2-6(8)4-3-5/h1-4,6-8H,5H2;1-4H. The van der Waals surface area contributed by atoms with Crippen LogP contribution in [0.15, 0.2) is 60.7 Å². The molecule has 4 rings (SSSR count). The van der Waals surface area contributed by atoms with Gasteiger partial charge in [-0.2, -0.15) is 0 Å². The second kappa shape index (κ2) is 5.13. The third-order valence-corrected chi connectivity index (χ3v) is 3.23. The number of ketones is 2. The SMILES string of the molecule is C1=Cn2c(cc3ccccc32)C1.O=C1C=CC(=O)C=C1. The Morgan fingerprint density at radius 2 is 1.55 bits per heavy atom. The van der Waals surface area contributed by atoms with Crippen molar-refractivity contribution in [2.45, 2.75) is 6.42 Å². The Hall–Kier alpha value is -2.68. The fraction of sp³-hybridized carbons (Fsp3) is 0.0588. The van der Waals surface area contributed by atoms with Crippen molar-refractivity contribution < 1.29 is 9.59 Å². The minimum atomic E-state index is -0.121. The van der Waals surface area contributed by atoms with Gasteiger partial charge in [0.25, 0.3) is 0 Å². The van der Waals surface area contributed by atoms with Gasteiger partial charge < -0.3 is 4.57 Å². The molecule has 20 heavy (non-hydrogen) atoms. The highest BCUT2D eigenvalue weighted by molar-refractivity contribution is 6.14. The number of aromatic nitrogens is 1. The van der Waals surface area contributed by atoms with Crippen LogP contribution < -0.4 is 0 Å². The summed E-state index contributed by atoms with van der Waals surface area (Å²) in [5, 5.41) is 1.34. The van der Waals surface area contributed by atoms with Crippen molar-refractivity contribution >= 4 is 28.7 Å². The van der Waals surface area contributed by atoms with Crippen LogP contribution in [0.4, 0.5) is 0 Å². The summed E-state index contributed by atoms with van der Waals surface area (Å²) < 4.78 is 2.26. The molecule has 2 heterocycles. The van der Waals surface area contributed by atoms with Crippen molar-refractivity contribution in [1.82, 2.24) is 4.57 Å². The molecule has 0 N–H and O–H groups in total. The first-order valence-electron chi connectivity index (χ1n) is 6.43. The zero-order valence-corrected chi connectivity index (χ0v) is 10.8. The molecular formula is C17H13NO2. The number of allylic oxidation sites excluding steroid dienone is 5. The van der Waals surface area contributed by atoms with Crippen molar-refractivity contribution in [3.63, 3.8) is 0 Å². The second-order valence-electron chi connectivity index (χ2n) is 4.62. The number of hydrogen-bond donors (Lipinski definition) is 0. The smallest absolute Gasteiger partial charge is 0.178 e. The van der Waals surface area contributed by atoms with E-state index in [9.17, 15) is 9.59 Å². The zero-order valence-electron chi connectivity index (χ0n) is 10.8. The molecule has 0 fully saturated rings. The molecule has 1 aromatic heterocycles. The van der Waals surface area contributed by atoms with E-state index < -0.39 is 0 Å². The minimum Gasteiger partial charge on any atom is -0.320 e. The number of carbonyl (C=O) groups is 2. The highest BCUT2D eigenvalue weighted by Crippen LogP contribution is 2.23. The molecule has 2 aliphatic rings. The van der Waals surface area contributed by atoms with Crippen molar-refractivity contribution in [1.29, 1.82) is 0 Å². The average Bonchev–Trinajstić information content (AvgIpc) is 3.03. The Morgan fingerprint density at radius 1 is 0.900 bits per heavy atom. The maximum Gasteiger partial charge on any atom is 0.178 e. The number of rotatable bonds is 0. The lowest BCUT2D eigenvalue weighted by Crippen LogP contribution is -1.97. The van der Waals surface area contributed by atoms with Gasteiger partial charge in [-0.3, -0.25) is 9.59 Å². The topological polar surface area (TPSA) is 39.1 Å². The molecule has 2 aromatic rings. The maximum absolute atomic E-state index is 10.3. The molecule has 0 unspecified atom stereocenters. The first kappa shape index (κ1) is 12.4. The predicted molar refractivity (Wildman–Crippen MR) is 79.3 cm³/mol. The van der Waals surface area contributed by atoms with Gasteiger partial charge in [0.2, 0.25) is 0 Å². The summed E-state index contributed by atoms with van der Waals surface area (Å²) in [6.07, 6.45) is 10.4. The Bertz CT molecular complexity index is 737. The first-order valence-corrected chi connectivity index (χ1v) is 6.43. The van der Waals surface area contributed by atoms with Crippen molar-refractivity contribution in [3.05, 3.63) is 66.4 Å². The van der Waals surface area contributed by atoms with E-state index >= 15 is 0 Å². The van der Waals surface area contributed by atoms with Gasteiger partial charge >= 0.3 is 0 Å². The van der Waals surface area contributed by atoms with E-state index in [-0.39, 0.29) is 11.6 Å². The molecule has 0 atom stereocenters. The normalized spacial score (nSPS) is 15.4. The largest absolute Gasteiger partial charge is 0.320 e.